The SMILES string of the molecule is C=CC(=O)OCCCCOc1ccc(/N=N/c2ccc(O)cc2)cc1. The van der Waals surface area contributed by atoms with Crippen LogP contribution in [0.5, 0.6) is 11.5 Å². The van der Waals surface area contributed by atoms with E-state index in [1.807, 2.05) is 24.3 Å². The Morgan fingerprint density at radius 2 is 1.52 bits per heavy atom. The Kier molecular flexibility index (Phi) is 7.18. The topological polar surface area (TPSA) is 80.5 Å². The molecule has 0 aromatic heterocycles. The lowest BCUT2D eigenvalue weighted by Crippen LogP contribution is -2.04. The molecule has 6 heteroatoms. The third kappa shape index (κ3) is 6.87. The number of carbonyl (C=O) groups excluding carboxylic acids is 1. The zero-order valence-electron chi connectivity index (χ0n) is 13.8. The molecule has 2 aromatic carbocycles. The molecular weight excluding hydrogens is 320 g/mol. The van der Waals surface area contributed by atoms with E-state index in [9.17, 15) is 9.90 Å². The van der Waals surface area contributed by atoms with Crippen LogP contribution in [0.3, 0.4) is 0 Å². The molecule has 0 heterocycles. The molecule has 2 rings (SSSR count). The lowest BCUT2D eigenvalue weighted by molar-refractivity contribution is -0.137. The van der Waals surface area contributed by atoms with Gasteiger partial charge in [0.1, 0.15) is 11.5 Å². The average molecular weight is 340 g/mol. The molecule has 0 amide bonds. The molecule has 0 fully saturated rings. The standard InChI is InChI=1S/C19H20N2O4/c1-2-19(23)25-14-4-3-13-24-18-11-7-16(8-12-18)21-20-15-5-9-17(22)10-6-15/h2,5-12,22H,1,3-4,13-14H2/b21-20+. The highest BCUT2D eigenvalue weighted by Crippen LogP contribution is 2.22. The Hall–Kier alpha value is -3.15. The molecule has 25 heavy (non-hydrogen) atoms. The molecule has 0 radical (unpaired) electrons. The summed E-state index contributed by atoms with van der Waals surface area (Å²) < 4.78 is 10.5. The summed E-state index contributed by atoms with van der Waals surface area (Å²) in [5.74, 6) is 0.531. The third-order valence-electron chi connectivity index (χ3n) is 3.19. The Morgan fingerprint density at radius 1 is 0.960 bits per heavy atom. The number of hydrogen-bond donors (Lipinski definition) is 1. The number of azo groups is 1. The number of phenols is 1. The smallest absolute Gasteiger partial charge is 0.330 e. The minimum absolute atomic E-state index is 0.194. The predicted molar refractivity (Wildman–Crippen MR) is 94.6 cm³/mol. The Morgan fingerprint density at radius 3 is 2.12 bits per heavy atom. The van der Waals surface area contributed by atoms with Crippen molar-refractivity contribution >= 4 is 17.3 Å². The Bertz CT molecular complexity index is 709. The van der Waals surface area contributed by atoms with E-state index in [0.29, 0.717) is 24.6 Å². The summed E-state index contributed by atoms with van der Waals surface area (Å²) in [5.41, 5.74) is 1.37. The van der Waals surface area contributed by atoms with Crippen molar-refractivity contribution in [3.05, 3.63) is 61.2 Å². The van der Waals surface area contributed by atoms with E-state index in [2.05, 4.69) is 16.8 Å². The van der Waals surface area contributed by atoms with Gasteiger partial charge in [-0.05, 0) is 61.4 Å². The van der Waals surface area contributed by atoms with Crippen molar-refractivity contribution < 1.29 is 19.4 Å². The van der Waals surface area contributed by atoms with Crippen LogP contribution in [0.25, 0.3) is 0 Å². The molecule has 0 unspecified atom stereocenters. The molecule has 0 aliphatic heterocycles. The molecule has 1 N–H and O–H groups in total. The summed E-state index contributed by atoms with van der Waals surface area (Å²) in [6.45, 7) is 4.24. The van der Waals surface area contributed by atoms with Crippen molar-refractivity contribution in [2.75, 3.05) is 13.2 Å². The molecule has 0 aliphatic rings. The molecular formula is C19H20N2O4. The number of carbonyl (C=O) groups is 1. The van der Waals surface area contributed by atoms with Crippen LogP contribution in [0.1, 0.15) is 12.8 Å². The van der Waals surface area contributed by atoms with Gasteiger partial charge in [0, 0.05) is 6.08 Å². The molecule has 0 spiro atoms. The highest BCUT2D eigenvalue weighted by molar-refractivity contribution is 5.81. The predicted octanol–water partition coefficient (Wildman–Crippen LogP) is 4.70. The van der Waals surface area contributed by atoms with Gasteiger partial charge in [-0.2, -0.15) is 10.2 Å². The largest absolute Gasteiger partial charge is 0.508 e. The van der Waals surface area contributed by atoms with Crippen molar-refractivity contribution in [1.82, 2.24) is 0 Å². The third-order valence-corrected chi connectivity index (χ3v) is 3.19. The first-order valence-corrected chi connectivity index (χ1v) is 7.90. The van der Waals surface area contributed by atoms with E-state index in [4.69, 9.17) is 9.47 Å². The second-order valence-electron chi connectivity index (χ2n) is 5.14. The van der Waals surface area contributed by atoms with Crippen LogP contribution < -0.4 is 4.74 Å². The first-order valence-electron chi connectivity index (χ1n) is 7.90. The van der Waals surface area contributed by atoms with Crippen LogP contribution in [0.4, 0.5) is 11.4 Å². The summed E-state index contributed by atoms with van der Waals surface area (Å²) in [6.07, 6.45) is 2.67. The summed E-state index contributed by atoms with van der Waals surface area (Å²) in [4.78, 5) is 10.9. The van der Waals surface area contributed by atoms with Crippen LogP contribution in [0, 0.1) is 0 Å². The first kappa shape index (κ1) is 18.2. The van der Waals surface area contributed by atoms with Crippen molar-refractivity contribution in [3.63, 3.8) is 0 Å². The normalized spacial score (nSPS) is 10.6. The van der Waals surface area contributed by atoms with Crippen LogP contribution in [0.15, 0.2) is 71.4 Å². The number of ether oxygens (including phenoxy) is 2. The lowest BCUT2D eigenvalue weighted by Gasteiger charge is -2.06. The van der Waals surface area contributed by atoms with E-state index in [-0.39, 0.29) is 5.75 Å². The van der Waals surface area contributed by atoms with Crippen LogP contribution >= 0.6 is 0 Å². The van der Waals surface area contributed by atoms with Gasteiger partial charge < -0.3 is 14.6 Å². The van der Waals surface area contributed by atoms with Gasteiger partial charge in [0.25, 0.3) is 0 Å². The highest BCUT2D eigenvalue weighted by atomic mass is 16.5. The number of nitrogens with zero attached hydrogens (tertiary/aromatic N) is 2. The van der Waals surface area contributed by atoms with Gasteiger partial charge in [-0.15, -0.1) is 0 Å². The Labute approximate surface area is 146 Å². The fourth-order valence-corrected chi connectivity index (χ4v) is 1.87. The van der Waals surface area contributed by atoms with Crippen LogP contribution in [-0.4, -0.2) is 24.3 Å². The van der Waals surface area contributed by atoms with E-state index in [1.54, 1.807) is 24.3 Å². The van der Waals surface area contributed by atoms with Gasteiger partial charge in [-0.3, -0.25) is 0 Å². The minimum atomic E-state index is -0.405. The number of phenolic OH excluding ortho intramolecular Hbond substituents is 1. The monoisotopic (exact) mass is 340 g/mol. The molecule has 0 saturated heterocycles. The summed E-state index contributed by atoms with van der Waals surface area (Å²) >= 11 is 0. The van der Waals surface area contributed by atoms with Crippen LogP contribution in [-0.2, 0) is 9.53 Å². The zero-order chi connectivity index (χ0) is 17.9. The van der Waals surface area contributed by atoms with Crippen molar-refractivity contribution in [1.29, 1.82) is 0 Å². The maximum Gasteiger partial charge on any atom is 0.330 e. The van der Waals surface area contributed by atoms with Gasteiger partial charge in [-0.25, -0.2) is 4.79 Å². The first-order chi connectivity index (χ1) is 12.2. The maximum atomic E-state index is 10.9. The molecule has 0 atom stereocenters. The van der Waals surface area contributed by atoms with E-state index in [0.717, 1.165) is 24.7 Å². The number of benzene rings is 2. The molecule has 0 aliphatic carbocycles. The Balaban J connectivity index is 1.71. The minimum Gasteiger partial charge on any atom is -0.508 e. The van der Waals surface area contributed by atoms with Gasteiger partial charge >= 0.3 is 5.97 Å². The molecule has 0 saturated carbocycles. The second kappa shape index (κ2) is 9.87. The van der Waals surface area contributed by atoms with E-state index in [1.165, 1.54) is 0 Å². The maximum absolute atomic E-state index is 10.9. The van der Waals surface area contributed by atoms with E-state index < -0.39 is 5.97 Å². The number of unbranched alkanes of at least 4 members (excludes halogenated alkanes) is 1. The van der Waals surface area contributed by atoms with Gasteiger partial charge in [0.15, 0.2) is 0 Å². The van der Waals surface area contributed by atoms with Gasteiger partial charge in [0.05, 0.1) is 24.6 Å². The quantitative estimate of drug-likeness (QED) is 0.311. The van der Waals surface area contributed by atoms with Crippen molar-refractivity contribution in [3.8, 4) is 11.5 Å². The summed E-state index contributed by atoms with van der Waals surface area (Å²) in [7, 11) is 0. The average Bonchev–Trinajstić information content (AvgIpc) is 2.64. The molecule has 2 aromatic rings. The van der Waals surface area contributed by atoms with E-state index >= 15 is 0 Å². The lowest BCUT2D eigenvalue weighted by atomic mass is 10.3. The zero-order valence-corrected chi connectivity index (χ0v) is 13.8. The number of hydrogen-bond acceptors (Lipinski definition) is 6. The summed E-state index contributed by atoms with van der Waals surface area (Å²) in [5, 5.41) is 17.4. The number of rotatable bonds is 9. The second-order valence-corrected chi connectivity index (χ2v) is 5.14. The number of aromatic hydroxyl groups is 1. The summed E-state index contributed by atoms with van der Waals surface area (Å²) in [6, 6.07) is 13.8. The fourth-order valence-electron chi connectivity index (χ4n) is 1.87. The van der Waals surface area contributed by atoms with Gasteiger partial charge in [-0.1, -0.05) is 6.58 Å². The fraction of sp³-hybridized carbons (Fsp3) is 0.211. The molecule has 130 valence electrons. The molecule has 6 nitrogen and oxygen atoms in total. The van der Waals surface area contributed by atoms with Crippen molar-refractivity contribution in [2.24, 2.45) is 10.2 Å². The van der Waals surface area contributed by atoms with Crippen molar-refractivity contribution in [2.45, 2.75) is 12.8 Å². The van der Waals surface area contributed by atoms with Crippen LogP contribution in [0.2, 0.25) is 0 Å². The van der Waals surface area contributed by atoms with Gasteiger partial charge in [0.2, 0.25) is 0 Å². The molecule has 0 bridgehead atoms. The highest BCUT2D eigenvalue weighted by Gasteiger charge is 1.98. The number of esters is 1.